The summed E-state index contributed by atoms with van der Waals surface area (Å²) in [4.78, 5) is 25.8. The number of carbonyl (C=O) groups excluding carboxylic acids is 1. The molecule has 1 unspecified atom stereocenters. The zero-order valence-electron chi connectivity index (χ0n) is 17.8. The first-order chi connectivity index (χ1) is 15.2. The van der Waals surface area contributed by atoms with Crippen LogP contribution in [-0.4, -0.2) is 51.9 Å². The summed E-state index contributed by atoms with van der Waals surface area (Å²) in [6.07, 6.45) is -0.709. The lowest BCUT2D eigenvalue weighted by Gasteiger charge is -2.14. The van der Waals surface area contributed by atoms with Crippen LogP contribution in [0.25, 0.3) is 16.9 Å². The van der Waals surface area contributed by atoms with E-state index in [2.05, 4.69) is 15.5 Å². The van der Waals surface area contributed by atoms with Crippen molar-refractivity contribution < 1.29 is 26.4 Å². The van der Waals surface area contributed by atoms with E-state index >= 15 is 0 Å². The number of halogens is 3. The maximum atomic E-state index is 13.0. The molecular weight excluding hydrogens is 463 g/mol. The maximum Gasteiger partial charge on any atom is 0.416 e. The molecule has 0 aliphatic rings. The van der Waals surface area contributed by atoms with Gasteiger partial charge >= 0.3 is 6.18 Å². The van der Waals surface area contributed by atoms with Crippen LogP contribution in [-0.2, 0) is 23.1 Å². The van der Waals surface area contributed by atoms with Gasteiger partial charge in [0.1, 0.15) is 21.1 Å². The summed E-state index contributed by atoms with van der Waals surface area (Å²) in [5, 5.41) is 10.6. The standard InChI is InChI=1S/C20H20F3N5O4S/c1-12(11-33(3,31)32)25-18(29)16-8-17(13-4-6-14(7-5-13)20(21,22)23)26-28(19(16)30)15-9-24-27(2)10-15/h4-10,12H,11H2,1-3H3,(H,25,29). The summed E-state index contributed by atoms with van der Waals surface area (Å²) >= 11 is 0. The third-order valence-corrected chi connectivity index (χ3v) is 5.64. The van der Waals surface area contributed by atoms with Crippen LogP contribution in [0, 0.1) is 0 Å². The van der Waals surface area contributed by atoms with Crippen LogP contribution in [0.3, 0.4) is 0 Å². The van der Waals surface area contributed by atoms with E-state index in [0.717, 1.165) is 29.1 Å². The first-order valence-electron chi connectivity index (χ1n) is 9.54. The van der Waals surface area contributed by atoms with Crippen molar-refractivity contribution in [3.8, 4) is 16.9 Å². The van der Waals surface area contributed by atoms with Crippen molar-refractivity contribution in [3.05, 3.63) is 64.2 Å². The number of rotatable bonds is 6. The van der Waals surface area contributed by atoms with E-state index in [1.54, 1.807) is 7.05 Å². The number of aromatic nitrogens is 4. The maximum absolute atomic E-state index is 13.0. The summed E-state index contributed by atoms with van der Waals surface area (Å²) < 4.78 is 64.0. The average molecular weight is 483 g/mol. The molecule has 33 heavy (non-hydrogen) atoms. The molecule has 0 saturated carbocycles. The van der Waals surface area contributed by atoms with E-state index in [1.165, 1.54) is 36.1 Å². The second kappa shape index (κ2) is 8.81. The Bertz CT molecular complexity index is 1350. The van der Waals surface area contributed by atoms with E-state index in [-0.39, 0.29) is 28.3 Å². The number of carbonyl (C=O) groups is 1. The fraction of sp³-hybridized carbons (Fsp3) is 0.300. The quantitative estimate of drug-likeness (QED) is 0.572. The normalized spacial score (nSPS) is 13.0. The van der Waals surface area contributed by atoms with Crippen molar-refractivity contribution in [2.24, 2.45) is 7.05 Å². The van der Waals surface area contributed by atoms with Gasteiger partial charge in [-0.05, 0) is 25.1 Å². The van der Waals surface area contributed by atoms with Crippen molar-refractivity contribution in [1.29, 1.82) is 0 Å². The number of benzene rings is 1. The third-order valence-electron chi connectivity index (χ3n) is 4.53. The molecule has 0 spiro atoms. The minimum atomic E-state index is -4.53. The molecule has 1 atom stereocenters. The zero-order chi connectivity index (χ0) is 24.6. The molecule has 1 N–H and O–H groups in total. The largest absolute Gasteiger partial charge is 0.416 e. The van der Waals surface area contributed by atoms with Crippen molar-refractivity contribution in [2.45, 2.75) is 19.1 Å². The predicted octanol–water partition coefficient (Wildman–Crippen LogP) is 1.81. The lowest BCUT2D eigenvalue weighted by Crippen LogP contribution is -2.40. The van der Waals surface area contributed by atoms with Crippen molar-refractivity contribution in [3.63, 3.8) is 0 Å². The first kappa shape index (κ1) is 24.2. The summed E-state index contributed by atoms with van der Waals surface area (Å²) in [5.74, 6) is -1.18. The van der Waals surface area contributed by atoms with Gasteiger partial charge in [-0.25, -0.2) is 8.42 Å². The number of sulfone groups is 1. The van der Waals surface area contributed by atoms with Crippen LogP contribution in [0.1, 0.15) is 22.8 Å². The smallest absolute Gasteiger partial charge is 0.348 e. The van der Waals surface area contributed by atoms with Crippen LogP contribution >= 0.6 is 0 Å². The molecule has 9 nitrogen and oxygen atoms in total. The van der Waals surface area contributed by atoms with Gasteiger partial charge in [-0.1, -0.05) is 12.1 Å². The van der Waals surface area contributed by atoms with Gasteiger partial charge in [-0.3, -0.25) is 14.3 Å². The molecule has 0 radical (unpaired) electrons. The lowest BCUT2D eigenvalue weighted by molar-refractivity contribution is -0.137. The van der Waals surface area contributed by atoms with Crippen LogP contribution in [0.5, 0.6) is 0 Å². The van der Waals surface area contributed by atoms with Crippen molar-refractivity contribution >= 4 is 15.7 Å². The van der Waals surface area contributed by atoms with Gasteiger partial charge in [0.2, 0.25) is 0 Å². The molecule has 1 amide bonds. The zero-order valence-corrected chi connectivity index (χ0v) is 18.6. The second-order valence-corrected chi connectivity index (χ2v) is 9.76. The van der Waals surface area contributed by atoms with Crippen LogP contribution in [0.4, 0.5) is 13.2 Å². The second-order valence-electron chi connectivity index (χ2n) is 7.57. The minimum Gasteiger partial charge on any atom is -0.348 e. The molecule has 0 aliphatic heterocycles. The SMILES string of the molecule is CC(CS(C)(=O)=O)NC(=O)c1cc(-c2ccc(C(F)(F)F)cc2)nn(-c2cnn(C)c2)c1=O. The number of hydrogen-bond donors (Lipinski definition) is 1. The Morgan fingerprint density at radius 2 is 1.85 bits per heavy atom. The Kier molecular flexibility index (Phi) is 6.45. The van der Waals surface area contributed by atoms with Gasteiger partial charge in [0.15, 0.2) is 0 Å². The van der Waals surface area contributed by atoms with E-state index in [0.29, 0.717) is 0 Å². The van der Waals surface area contributed by atoms with Gasteiger partial charge in [-0.15, -0.1) is 0 Å². The molecule has 0 fully saturated rings. The Labute approximate surface area is 186 Å². The Morgan fingerprint density at radius 1 is 1.21 bits per heavy atom. The van der Waals surface area contributed by atoms with Gasteiger partial charge < -0.3 is 5.32 Å². The molecule has 0 bridgehead atoms. The van der Waals surface area contributed by atoms with E-state index in [4.69, 9.17) is 0 Å². The Balaban J connectivity index is 2.09. The highest BCUT2D eigenvalue weighted by atomic mass is 32.2. The fourth-order valence-electron chi connectivity index (χ4n) is 3.12. The first-order valence-corrected chi connectivity index (χ1v) is 11.6. The van der Waals surface area contributed by atoms with Crippen LogP contribution < -0.4 is 10.9 Å². The molecule has 0 aliphatic carbocycles. The molecule has 13 heteroatoms. The van der Waals surface area contributed by atoms with E-state index < -0.39 is 39.1 Å². The highest BCUT2D eigenvalue weighted by molar-refractivity contribution is 7.90. The van der Waals surface area contributed by atoms with Crippen molar-refractivity contribution in [1.82, 2.24) is 24.9 Å². The summed E-state index contributed by atoms with van der Waals surface area (Å²) in [6.45, 7) is 1.47. The molecule has 0 saturated heterocycles. The number of amides is 1. The van der Waals surface area contributed by atoms with Crippen LogP contribution in [0.2, 0.25) is 0 Å². The molecule has 2 aromatic heterocycles. The summed E-state index contributed by atoms with van der Waals surface area (Å²) in [7, 11) is -1.78. The molecular formula is C20H20F3N5O4S. The highest BCUT2D eigenvalue weighted by Gasteiger charge is 2.30. The average Bonchev–Trinajstić information content (AvgIpc) is 3.12. The molecule has 2 heterocycles. The predicted molar refractivity (Wildman–Crippen MR) is 114 cm³/mol. The van der Waals surface area contributed by atoms with E-state index in [1.807, 2.05) is 0 Å². The monoisotopic (exact) mass is 483 g/mol. The number of nitrogens with one attached hydrogen (secondary N) is 1. The van der Waals surface area contributed by atoms with Crippen LogP contribution in [0.15, 0.2) is 47.5 Å². The molecule has 176 valence electrons. The van der Waals surface area contributed by atoms with Gasteiger partial charge in [-0.2, -0.15) is 28.1 Å². The van der Waals surface area contributed by atoms with Gasteiger partial charge in [0, 0.05) is 24.9 Å². The number of alkyl halides is 3. The fourth-order valence-corrected chi connectivity index (χ4v) is 4.11. The Hall–Kier alpha value is -3.48. The lowest BCUT2D eigenvalue weighted by atomic mass is 10.1. The topological polar surface area (TPSA) is 116 Å². The minimum absolute atomic E-state index is 0.0630. The number of aryl methyl sites for hydroxylation is 1. The van der Waals surface area contributed by atoms with E-state index in [9.17, 15) is 31.2 Å². The van der Waals surface area contributed by atoms with Crippen molar-refractivity contribution in [2.75, 3.05) is 12.0 Å². The summed E-state index contributed by atoms with van der Waals surface area (Å²) in [5.41, 5.74) is -1.49. The Morgan fingerprint density at radius 3 is 2.36 bits per heavy atom. The summed E-state index contributed by atoms with van der Waals surface area (Å²) in [6, 6.07) is 4.45. The molecule has 3 rings (SSSR count). The third kappa shape index (κ3) is 5.86. The number of nitrogens with zero attached hydrogens (tertiary/aromatic N) is 4. The molecule has 3 aromatic rings. The molecule has 1 aromatic carbocycles. The number of hydrogen-bond acceptors (Lipinski definition) is 6. The highest BCUT2D eigenvalue weighted by Crippen LogP contribution is 2.30. The van der Waals surface area contributed by atoms with Gasteiger partial charge in [0.25, 0.3) is 11.5 Å². The van der Waals surface area contributed by atoms with Gasteiger partial charge in [0.05, 0.1) is 29.4 Å².